The van der Waals surface area contributed by atoms with Crippen LogP contribution in [0.5, 0.6) is 0 Å². The van der Waals surface area contributed by atoms with E-state index in [1.54, 1.807) is 0 Å². The summed E-state index contributed by atoms with van der Waals surface area (Å²) in [7, 11) is 0. The molecule has 2 aliphatic heterocycles. The van der Waals surface area contributed by atoms with Gasteiger partial charge in [0.1, 0.15) is 0 Å². The fraction of sp³-hybridized carbons (Fsp3) is 0.421. The number of rotatable bonds is 3. The zero-order chi connectivity index (χ0) is 18.6. The summed E-state index contributed by atoms with van der Waals surface area (Å²) in [6.07, 6.45) is 1.81. The van der Waals surface area contributed by atoms with E-state index in [0.717, 1.165) is 60.9 Å². The van der Waals surface area contributed by atoms with Gasteiger partial charge in [-0.2, -0.15) is 5.10 Å². The van der Waals surface area contributed by atoms with Gasteiger partial charge in [0, 0.05) is 55.4 Å². The van der Waals surface area contributed by atoms with Crippen LogP contribution < -0.4 is 9.80 Å². The molecule has 2 aliphatic rings. The first-order valence-corrected chi connectivity index (χ1v) is 9.95. The maximum absolute atomic E-state index is 12.7. The maximum atomic E-state index is 12.7. The summed E-state index contributed by atoms with van der Waals surface area (Å²) in [5, 5.41) is 8.49. The molecule has 0 radical (unpaired) electrons. The molecule has 0 atom stereocenters. The lowest BCUT2D eigenvalue weighted by atomic mass is 10.2. The Morgan fingerprint density at radius 2 is 1.67 bits per heavy atom. The third-order valence-electron chi connectivity index (χ3n) is 4.99. The molecule has 0 bridgehead atoms. The van der Waals surface area contributed by atoms with E-state index < -0.39 is 0 Å². The largest absolute Gasteiger partial charge is 0.378 e. The highest BCUT2D eigenvalue weighted by Gasteiger charge is 2.23. The lowest BCUT2D eigenvalue weighted by Crippen LogP contribution is -2.49. The van der Waals surface area contributed by atoms with E-state index >= 15 is 0 Å². The van der Waals surface area contributed by atoms with Gasteiger partial charge in [-0.1, -0.05) is 15.9 Å². The van der Waals surface area contributed by atoms with Crippen LogP contribution in [0.25, 0.3) is 0 Å². The second-order valence-corrected chi connectivity index (χ2v) is 7.57. The quantitative estimate of drug-likeness (QED) is 0.740. The van der Waals surface area contributed by atoms with Gasteiger partial charge in [-0.05, 0) is 24.3 Å². The van der Waals surface area contributed by atoms with E-state index in [1.807, 2.05) is 35.4 Å². The molecule has 2 aromatic rings. The summed E-state index contributed by atoms with van der Waals surface area (Å²) >= 11 is 3.40. The lowest BCUT2D eigenvalue weighted by Gasteiger charge is -2.36. The van der Waals surface area contributed by atoms with Gasteiger partial charge in [0.05, 0.1) is 25.1 Å². The third kappa shape index (κ3) is 4.22. The van der Waals surface area contributed by atoms with Gasteiger partial charge in [-0.15, -0.1) is 5.10 Å². The van der Waals surface area contributed by atoms with Crippen molar-refractivity contribution in [1.29, 1.82) is 0 Å². The SMILES string of the molecule is O=C(c1ccc(Br)cc1)N1CCN(c2cc(N3CCOCC3)cnn2)CC1. The molecule has 1 aromatic heterocycles. The maximum Gasteiger partial charge on any atom is 0.253 e. The molecular weight excluding hydrogens is 410 g/mol. The minimum Gasteiger partial charge on any atom is -0.378 e. The Balaban J connectivity index is 1.39. The lowest BCUT2D eigenvalue weighted by molar-refractivity contribution is 0.0746. The number of aromatic nitrogens is 2. The summed E-state index contributed by atoms with van der Waals surface area (Å²) in [5.74, 6) is 0.949. The Hall–Kier alpha value is -2.19. The molecule has 7 nitrogen and oxygen atoms in total. The molecule has 8 heteroatoms. The van der Waals surface area contributed by atoms with Crippen LogP contribution in [0.2, 0.25) is 0 Å². The molecule has 0 saturated carbocycles. The topological polar surface area (TPSA) is 61.8 Å². The number of carbonyl (C=O) groups excluding carboxylic acids is 1. The summed E-state index contributed by atoms with van der Waals surface area (Å²) < 4.78 is 6.39. The zero-order valence-electron chi connectivity index (χ0n) is 15.1. The highest BCUT2D eigenvalue weighted by Crippen LogP contribution is 2.21. The average Bonchev–Trinajstić information content (AvgIpc) is 2.75. The summed E-state index contributed by atoms with van der Waals surface area (Å²) in [6.45, 7) is 6.11. The average molecular weight is 432 g/mol. The highest BCUT2D eigenvalue weighted by molar-refractivity contribution is 9.10. The summed E-state index contributed by atoms with van der Waals surface area (Å²) in [5.41, 5.74) is 1.80. The van der Waals surface area contributed by atoms with Gasteiger partial charge in [0.2, 0.25) is 0 Å². The molecule has 2 fully saturated rings. The van der Waals surface area contributed by atoms with Crippen molar-refractivity contribution in [2.24, 2.45) is 0 Å². The molecule has 1 amide bonds. The number of piperazine rings is 1. The Labute approximate surface area is 167 Å². The Morgan fingerprint density at radius 1 is 0.963 bits per heavy atom. The minimum atomic E-state index is 0.0790. The van der Waals surface area contributed by atoms with E-state index in [1.165, 1.54) is 0 Å². The predicted octanol–water partition coefficient (Wildman–Crippen LogP) is 2.04. The Morgan fingerprint density at radius 3 is 2.37 bits per heavy atom. The Bertz CT molecular complexity index is 787. The number of amides is 1. The first kappa shape index (κ1) is 18.2. The van der Waals surface area contributed by atoms with Crippen LogP contribution >= 0.6 is 15.9 Å². The van der Waals surface area contributed by atoms with Crippen LogP contribution in [0.4, 0.5) is 11.5 Å². The number of nitrogens with zero attached hydrogens (tertiary/aromatic N) is 5. The first-order chi connectivity index (χ1) is 13.2. The van der Waals surface area contributed by atoms with Crippen molar-refractivity contribution in [3.63, 3.8) is 0 Å². The van der Waals surface area contributed by atoms with Crippen molar-refractivity contribution in [1.82, 2.24) is 15.1 Å². The van der Waals surface area contributed by atoms with Crippen LogP contribution in [-0.4, -0.2) is 73.5 Å². The number of ether oxygens (including phenoxy) is 1. The van der Waals surface area contributed by atoms with Crippen LogP contribution in [0.15, 0.2) is 41.0 Å². The Kier molecular flexibility index (Phi) is 5.54. The molecule has 1 aromatic carbocycles. The van der Waals surface area contributed by atoms with Gasteiger partial charge in [-0.3, -0.25) is 4.79 Å². The van der Waals surface area contributed by atoms with Crippen LogP contribution in [0.1, 0.15) is 10.4 Å². The fourth-order valence-corrected chi connectivity index (χ4v) is 3.67. The van der Waals surface area contributed by atoms with Crippen molar-refractivity contribution in [3.8, 4) is 0 Å². The smallest absolute Gasteiger partial charge is 0.253 e. The number of benzene rings is 1. The monoisotopic (exact) mass is 431 g/mol. The third-order valence-corrected chi connectivity index (χ3v) is 5.51. The van der Waals surface area contributed by atoms with Crippen molar-refractivity contribution in [3.05, 3.63) is 46.6 Å². The van der Waals surface area contributed by atoms with Crippen LogP contribution in [0, 0.1) is 0 Å². The molecule has 0 aliphatic carbocycles. The van der Waals surface area contributed by atoms with Crippen molar-refractivity contribution < 1.29 is 9.53 Å². The van der Waals surface area contributed by atoms with Crippen molar-refractivity contribution >= 4 is 33.3 Å². The number of hydrogen-bond acceptors (Lipinski definition) is 6. The minimum absolute atomic E-state index is 0.0790. The number of carbonyl (C=O) groups is 1. The van der Waals surface area contributed by atoms with Crippen molar-refractivity contribution in [2.45, 2.75) is 0 Å². The van der Waals surface area contributed by atoms with E-state index in [4.69, 9.17) is 4.74 Å². The number of halogens is 1. The molecule has 0 spiro atoms. The normalized spacial score (nSPS) is 17.9. The van der Waals surface area contributed by atoms with E-state index in [-0.39, 0.29) is 5.91 Å². The van der Waals surface area contributed by atoms with E-state index in [0.29, 0.717) is 13.1 Å². The van der Waals surface area contributed by atoms with E-state index in [9.17, 15) is 4.79 Å². The highest BCUT2D eigenvalue weighted by atomic mass is 79.9. The van der Waals surface area contributed by atoms with Gasteiger partial charge in [0.25, 0.3) is 5.91 Å². The molecule has 142 valence electrons. The fourth-order valence-electron chi connectivity index (χ4n) is 3.41. The standard InChI is InChI=1S/C19H22BrN5O2/c20-16-3-1-15(2-4-16)19(26)25-7-5-24(6-8-25)18-13-17(14-21-22-18)23-9-11-27-12-10-23/h1-4,13-14H,5-12H2. The molecule has 3 heterocycles. The van der Waals surface area contributed by atoms with Crippen LogP contribution in [-0.2, 0) is 4.74 Å². The molecule has 27 heavy (non-hydrogen) atoms. The van der Waals surface area contributed by atoms with Gasteiger partial charge >= 0.3 is 0 Å². The summed E-state index contributed by atoms with van der Waals surface area (Å²) in [6, 6.07) is 9.60. The molecule has 2 saturated heterocycles. The van der Waals surface area contributed by atoms with Gasteiger partial charge in [0.15, 0.2) is 5.82 Å². The zero-order valence-corrected chi connectivity index (χ0v) is 16.6. The second kappa shape index (κ2) is 8.22. The van der Waals surface area contributed by atoms with Gasteiger partial charge in [-0.25, -0.2) is 0 Å². The number of anilines is 2. The second-order valence-electron chi connectivity index (χ2n) is 6.66. The molecule has 0 N–H and O–H groups in total. The predicted molar refractivity (Wildman–Crippen MR) is 107 cm³/mol. The number of hydrogen-bond donors (Lipinski definition) is 0. The van der Waals surface area contributed by atoms with E-state index in [2.05, 4.69) is 42.0 Å². The summed E-state index contributed by atoms with van der Waals surface area (Å²) in [4.78, 5) is 19.0. The molecule has 0 unspecified atom stereocenters. The first-order valence-electron chi connectivity index (χ1n) is 9.16. The van der Waals surface area contributed by atoms with Crippen LogP contribution in [0.3, 0.4) is 0 Å². The molecule has 4 rings (SSSR count). The molecular formula is C19H22BrN5O2. The van der Waals surface area contributed by atoms with Crippen molar-refractivity contribution in [2.75, 3.05) is 62.3 Å². The van der Waals surface area contributed by atoms with Gasteiger partial charge < -0.3 is 19.4 Å². The number of morpholine rings is 1.